The molecular weight excluding hydrogens is 194 g/mol. The van der Waals surface area contributed by atoms with Crippen molar-refractivity contribution in [1.29, 1.82) is 0 Å². The zero-order valence-corrected chi connectivity index (χ0v) is 8.82. The van der Waals surface area contributed by atoms with Gasteiger partial charge in [-0.25, -0.2) is 0 Å². The lowest BCUT2D eigenvalue weighted by molar-refractivity contribution is -0.137. The highest BCUT2D eigenvalue weighted by atomic mass is 16.6. The van der Waals surface area contributed by atoms with Crippen LogP contribution in [0, 0.1) is 5.92 Å². The Kier molecular flexibility index (Phi) is 3.23. The Hall–Kier alpha value is -1.06. The number of carboxylic acid groups (broad SMARTS) is 1. The predicted molar refractivity (Wildman–Crippen MR) is 55.8 cm³/mol. The van der Waals surface area contributed by atoms with Gasteiger partial charge in [0.05, 0.1) is 5.71 Å². The van der Waals surface area contributed by atoms with Gasteiger partial charge < -0.3 is 9.94 Å². The van der Waals surface area contributed by atoms with E-state index in [1.54, 1.807) is 0 Å². The lowest BCUT2D eigenvalue weighted by atomic mass is 9.96. The molecule has 0 spiro atoms. The van der Waals surface area contributed by atoms with Crippen LogP contribution in [-0.4, -0.2) is 22.9 Å². The number of carbonyl (C=O) groups is 1. The molecule has 0 aromatic heterocycles. The summed E-state index contributed by atoms with van der Waals surface area (Å²) in [6.45, 7) is 0. The van der Waals surface area contributed by atoms with Crippen molar-refractivity contribution < 1.29 is 14.7 Å². The van der Waals surface area contributed by atoms with Gasteiger partial charge in [0.1, 0.15) is 6.10 Å². The van der Waals surface area contributed by atoms with Crippen LogP contribution in [0.4, 0.5) is 0 Å². The van der Waals surface area contributed by atoms with Crippen LogP contribution >= 0.6 is 0 Å². The molecule has 0 saturated heterocycles. The van der Waals surface area contributed by atoms with Gasteiger partial charge in [-0.05, 0) is 19.3 Å². The molecule has 1 aliphatic heterocycles. The highest BCUT2D eigenvalue weighted by Gasteiger charge is 2.29. The number of hydrogen-bond donors (Lipinski definition) is 1. The van der Waals surface area contributed by atoms with Crippen LogP contribution < -0.4 is 0 Å². The maximum atomic E-state index is 10.4. The van der Waals surface area contributed by atoms with Crippen LogP contribution in [0.5, 0.6) is 0 Å². The van der Waals surface area contributed by atoms with Gasteiger partial charge in [-0.15, -0.1) is 0 Å². The van der Waals surface area contributed by atoms with Crippen molar-refractivity contribution >= 4 is 11.7 Å². The summed E-state index contributed by atoms with van der Waals surface area (Å²) in [5, 5.41) is 12.7. The largest absolute Gasteiger partial charge is 0.481 e. The Labute approximate surface area is 89.3 Å². The molecule has 84 valence electrons. The Bertz CT molecular complexity index is 269. The minimum atomic E-state index is -0.757. The van der Waals surface area contributed by atoms with E-state index in [1.807, 2.05) is 0 Å². The molecule has 1 fully saturated rings. The third-order valence-corrected chi connectivity index (χ3v) is 3.26. The minimum Gasteiger partial charge on any atom is -0.481 e. The molecule has 0 bridgehead atoms. The summed E-state index contributed by atoms with van der Waals surface area (Å²) in [4.78, 5) is 15.7. The van der Waals surface area contributed by atoms with Crippen LogP contribution in [0.2, 0.25) is 0 Å². The third kappa shape index (κ3) is 2.70. The van der Waals surface area contributed by atoms with Crippen LogP contribution in [0.1, 0.15) is 44.9 Å². The number of oxime groups is 1. The second kappa shape index (κ2) is 4.64. The van der Waals surface area contributed by atoms with Crippen LogP contribution in [0.3, 0.4) is 0 Å². The normalized spacial score (nSPS) is 26.4. The van der Waals surface area contributed by atoms with E-state index in [2.05, 4.69) is 5.16 Å². The molecule has 1 aliphatic carbocycles. The molecule has 2 rings (SSSR count). The number of aliphatic carboxylic acids is 1. The Morgan fingerprint density at radius 2 is 2.20 bits per heavy atom. The zero-order valence-electron chi connectivity index (χ0n) is 8.82. The minimum absolute atomic E-state index is 0.0108. The van der Waals surface area contributed by atoms with E-state index in [0.29, 0.717) is 12.3 Å². The monoisotopic (exact) mass is 211 g/mol. The van der Waals surface area contributed by atoms with Gasteiger partial charge in [0, 0.05) is 18.8 Å². The van der Waals surface area contributed by atoms with Gasteiger partial charge in [0.25, 0.3) is 0 Å². The second-order valence-corrected chi connectivity index (χ2v) is 4.43. The fourth-order valence-electron chi connectivity index (χ4n) is 2.39. The van der Waals surface area contributed by atoms with Crippen LogP contribution in [0.25, 0.3) is 0 Å². The highest BCUT2D eigenvalue weighted by Crippen LogP contribution is 2.31. The first-order chi connectivity index (χ1) is 7.25. The van der Waals surface area contributed by atoms with Gasteiger partial charge in [-0.3, -0.25) is 4.79 Å². The highest BCUT2D eigenvalue weighted by molar-refractivity contribution is 5.88. The first kappa shape index (κ1) is 10.5. The molecule has 0 aromatic rings. The maximum absolute atomic E-state index is 10.4. The molecule has 2 aliphatic rings. The molecule has 1 saturated carbocycles. The van der Waals surface area contributed by atoms with Crippen molar-refractivity contribution in [2.24, 2.45) is 11.1 Å². The summed E-state index contributed by atoms with van der Waals surface area (Å²) in [5.41, 5.74) is 1.17. The van der Waals surface area contributed by atoms with Gasteiger partial charge in [0.15, 0.2) is 0 Å². The van der Waals surface area contributed by atoms with E-state index in [1.165, 1.54) is 31.4 Å². The molecule has 1 unspecified atom stereocenters. The second-order valence-electron chi connectivity index (χ2n) is 4.43. The van der Waals surface area contributed by atoms with Crippen LogP contribution in [0.15, 0.2) is 5.16 Å². The molecule has 1 N–H and O–H groups in total. The van der Waals surface area contributed by atoms with Gasteiger partial charge >= 0.3 is 5.97 Å². The lowest BCUT2D eigenvalue weighted by Gasteiger charge is -2.07. The van der Waals surface area contributed by atoms with Crippen molar-refractivity contribution in [3.63, 3.8) is 0 Å². The first-order valence-electron chi connectivity index (χ1n) is 5.70. The molecule has 0 aromatic carbocycles. The molecule has 15 heavy (non-hydrogen) atoms. The Balaban J connectivity index is 1.75. The average molecular weight is 211 g/mol. The smallest absolute Gasteiger partial charge is 0.303 e. The lowest BCUT2D eigenvalue weighted by Crippen LogP contribution is -2.14. The zero-order chi connectivity index (χ0) is 10.7. The van der Waals surface area contributed by atoms with Crippen molar-refractivity contribution in [3.05, 3.63) is 0 Å². The van der Waals surface area contributed by atoms with E-state index in [4.69, 9.17) is 9.94 Å². The summed E-state index contributed by atoms with van der Waals surface area (Å²) in [5.74, 6) is -0.146. The van der Waals surface area contributed by atoms with E-state index < -0.39 is 5.97 Å². The molecule has 4 nitrogen and oxygen atoms in total. The number of hydrogen-bond acceptors (Lipinski definition) is 3. The average Bonchev–Trinajstić information content (AvgIpc) is 2.85. The van der Waals surface area contributed by atoms with Crippen molar-refractivity contribution in [2.45, 2.75) is 51.0 Å². The molecule has 0 radical (unpaired) electrons. The standard InChI is InChI=1S/C11H17NO3/c13-11(14)6-5-9-7-10(12-15-9)8-3-1-2-4-8/h8-9H,1-7H2,(H,13,14). The summed E-state index contributed by atoms with van der Waals surface area (Å²) in [6.07, 6.45) is 6.66. The van der Waals surface area contributed by atoms with E-state index in [9.17, 15) is 4.79 Å². The van der Waals surface area contributed by atoms with E-state index in [-0.39, 0.29) is 12.5 Å². The molecule has 4 heteroatoms. The molecular formula is C11H17NO3. The van der Waals surface area contributed by atoms with Gasteiger partial charge in [-0.2, -0.15) is 0 Å². The first-order valence-corrected chi connectivity index (χ1v) is 5.70. The maximum Gasteiger partial charge on any atom is 0.303 e. The summed E-state index contributed by atoms with van der Waals surface area (Å²) < 4.78 is 0. The fraction of sp³-hybridized carbons (Fsp3) is 0.818. The van der Waals surface area contributed by atoms with E-state index in [0.717, 1.165) is 6.42 Å². The quantitative estimate of drug-likeness (QED) is 0.775. The Morgan fingerprint density at radius 1 is 1.47 bits per heavy atom. The van der Waals surface area contributed by atoms with Gasteiger partial charge in [-0.1, -0.05) is 18.0 Å². The van der Waals surface area contributed by atoms with Gasteiger partial charge in [0.2, 0.25) is 0 Å². The summed E-state index contributed by atoms with van der Waals surface area (Å²) >= 11 is 0. The number of carboxylic acids is 1. The van der Waals surface area contributed by atoms with Crippen molar-refractivity contribution in [3.8, 4) is 0 Å². The fourth-order valence-corrected chi connectivity index (χ4v) is 2.39. The summed E-state index contributed by atoms with van der Waals surface area (Å²) in [6, 6.07) is 0. The van der Waals surface area contributed by atoms with Crippen molar-refractivity contribution in [1.82, 2.24) is 0 Å². The Morgan fingerprint density at radius 3 is 2.87 bits per heavy atom. The molecule has 1 heterocycles. The predicted octanol–water partition coefficient (Wildman–Crippen LogP) is 2.19. The number of nitrogens with zero attached hydrogens (tertiary/aromatic N) is 1. The van der Waals surface area contributed by atoms with Crippen LogP contribution in [-0.2, 0) is 9.63 Å². The summed E-state index contributed by atoms with van der Waals surface area (Å²) in [7, 11) is 0. The molecule has 0 amide bonds. The topological polar surface area (TPSA) is 58.9 Å². The number of rotatable bonds is 4. The SMILES string of the molecule is O=C(O)CCC1CC(C2CCCC2)=NO1. The van der Waals surface area contributed by atoms with E-state index >= 15 is 0 Å². The van der Waals surface area contributed by atoms with Crippen molar-refractivity contribution in [2.75, 3.05) is 0 Å². The molecule has 1 atom stereocenters. The third-order valence-electron chi connectivity index (χ3n) is 3.26.